The Labute approximate surface area is 123 Å². The van der Waals surface area contributed by atoms with Crippen molar-refractivity contribution in [3.63, 3.8) is 0 Å². The minimum absolute atomic E-state index is 0.0477. The van der Waals surface area contributed by atoms with Crippen LogP contribution in [0.2, 0.25) is 0 Å². The second kappa shape index (κ2) is 5.78. The van der Waals surface area contributed by atoms with Crippen molar-refractivity contribution in [3.8, 4) is 0 Å². The number of aromatic carboxylic acids is 1. The second-order valence-corrected chi connectivity index (χ2v) is 7.48. The molecule has 0 unspecified atom stereocenters. The molecule has 0 spiro atoms. The Balaban J connectivity index is 2.16. The molecule has 8 heteroatoms. The molecule has 0 aliphatic heterocycles. The van der Waals surface area contributed by atoms with Crippen LogP contribution in [0.4, 0.5) is 0 Å². The molecular weight excluding hydrogens is 296 g/mol. The summed E-state index contributed by atoms with van der Waals surface area (Å²) >= 11 is 0. The highest BCUT2D eigenvalue weighted by Crippen LogP contribution is 2.27. The molecule has 118 valence electrons. The normalized spacial score (nSPS) is 22.3. The fraction of sp³-hybridized carbons (Fsp3) is 0.615. The van der Waals surface area contributed by atoms with E-state index in [1.807, 2.05) is 0 Å². The molecule has 1 aromatic heterocycles. The van der Waals surface area contributed by atoms with Crippen LogP contribution in [0, 0.1) is 5.92 Å². The highest BCUT2D eigenvalue weighted by atomic mass is 32.2. The number of carbonyl (C=O) groups is 1. The first kappa shape index (κ1) is 16.0. The number of nitrogens with zero attached hydrogens (tertiary/aromatic N) is 1. The molecule has 1 aliphatic rings. The monoisotopic (exact) mass is 316 g/mol. The summed E-state index contributed by atoms with van der Waals surface area (Å²) in [6.07, 6.45) is 2.19. The van der Waals surface area contributed by atoms with Gasteiger partial charge in [0, 0.05) is 18.8 Å². The number of carboxylic acids is 1. The van der Waals surface area contributed by atoms with E-state index in [0.29, 0.717) is 12.8 Å². The average Bonchev–Trinajstić information content (AvgIpc) is 2.79. The first-order valence-electron chi connectivity index (χ1n) is 6.83. The van der Waals surface area contributed by atoms with Crippen LogP contribution in [0.3, 0.4) is 0 Å². The van der Waals surface area contributed by atoms with Crippen LogP contribution in [0.5, 0.6) is 0 Å². The van der Waals surface area contributed by atoms with E-state index in [1.165, 1.54) is 16.8 Å². The summed E-state index contributed by atoms with van der Waals surface area (Å²) in [7, 11) is -3.73. The number of nitrogens with one attached hydrogen (secondary N) is 1. The minimum atomic E-state index is -3.73. The third kappa shape index (κ3) is 3.45. The molecule has 1 heterocycles. The fourth-order valence-electron chi connectivity index (χ4n) is 2.38. The zero-order valence-electron chi connectivity index (χ0n) is 12.0. The predicted molar refractivity (Wildman–Crippen MR) is 75.7 cm³/mol. The summed E-state index contributed by atoms with van der Waals surface area (Å²) in [6.45, 7) is 3.83. The Morgan fingerprint density at radius 3 is 2.52 bits per heavy atom. The zero-order valence-corrected chi connectivity index (χ0v) is 12.8. The molecule has 1 aromatic rings. The van der Waals surface area contributed by atoms with Gasteiger partial charge in [-0.25, -0.2) is 17.9 Å². The van der Waals surface area contributed by atoms with Crippen molar-refractivity contribution in [2.45, 2.75) is 43.7 Å². The lowest BCUT2D eigenvalue weighted by atomic mass is 9.83. The lowest BCUT2D eigenvalue weighted by Crippen LogP contribution is -2.38. The first-order valence-corrected chi connectivity index (χ1v) is 8.32. The van der Waals surface area contributed by atoms with Gasteiger partial charge in [0.05, 0.1) is 6.10 Å². The molecule has 1 saturated carbocycles. The van der Waals surface area contributed by atoms with E-state index in [9.17, 15) is 18.3 Å². The number of hydrogen-bond acceptors (Lipinski definition) is 4. The van der Waals surface area contributed by atoms with E-state index in [4.69, 9.17) is 5.11 Å². The second-order valence-electron chi connectivity index (χ2n) is 5.71. The van der Waals surface area contributed by atoms with Crippen molar-refractivity contribution >= 4 is 16.0 Å². The topological polar surface area (TPSA) is 109 Å². The Morgan fingerprint density at radius 2 is 2.10 bits per heavy atom. The van der Waals surface area contributed by atoms with Gasteiger partial charge in [0.25, 0.3) is 0 Å². The van der Waals surface area contributed by atoms with Gasteiger partial charge in [-0.15, -0.1) is 0 Å². The van der Waals surface area contributed by atoms with Crippen LogP contribution < -0.4 is 4.72 Å². The molecule has 0 saturated heterocycles. The molecule has 21 heavy (non-hydrogen) atoms. The standard InChI is InChI=1S/C13H20N2O5S/c1-8(2)15-7-11(5-12(15)13(17)18)21(19,20)14-6-9-3-10(16)4-9/h5,7-10,14,16H,3-4,6H2,1-2H3,(H,17,18). The Kier molecular flexibility index (Phi) is 4.40. The third-order valence-corrected chi connectivity index (χ3v) is 5.07. The van der Waals surface area contributed by atoms with Crippen molar-refractivity contribution in [1.29, 1.82) is 0 Å². The van der Waals surface area contributed by atoms with Crippen molar-refractivity contribution in [2.75, 3.05) is 6.54 Å². The summed E-state index contributed by atoms with van der Waals surface area (Å²) in [6, 6.07) is 1.02. The number of rotatable bonds is 6. The Bertz CT molecular complexity index is 629. The SMILES string of the molecule is CC(C)n1cc(S(=O)(=O)NCC2CC(O)C2)cc1C(=O)O. The molecule has 0 aromatic carbocycles. The van der Waals surface area contributed by atoms with Crippen molar-refractivity contribution in [1.82, 2.24) is 9.29 Å². The van der Waals surface area contributed by atoms with Gasteiger partial charge < -0.3 is 14.8 Å². The maximum atomic E-state index is 12.2. The van der Waals surface area contributed by atoms with E-state index >= 15 is 0 Å². The van der Waals surface area contributed by atoms with E-state index in [-0.39, 0.29) is 35.2 Å². The number of aliphatic hydroxyl groups excluding tert-OH is 1. The average molecular weight is 316 g/mol. The number of aromatic nitrogens is 1. The van der Waals surface area contributed by atoms with Gasteiger partial charge in [0.2, 0.25) is 10.0 Å². The summed E-state index contributed by atoms with van der Waals surface area (Å²) in [5.74, 6) is -1.02. The Hall–Kier alpha value is -1.38. The zero-order chi connectivity index (χ0) is 15.8. The molecule has 0 radical (unpaired) electrons. The molecule has 0 atom stereocenters. The lowest BCUT2D eigenvalue weighted by Gasteiger charge is -2.31. The van der Waals surface area contributed by atoms with E-state index in [2.05, 4.69) is 4.72 Å². The number of aliphatic hydroxyl groups is 1. The third-order valence-electron chi connectivity index (χ3n) is 3.68. The maximum Gasteiger partial charge on any atom is 0.352 e. The van der Waals surface area contributed by atoms with Gasteiger partial charge in [0.1, 0.15) is 10.6 Å². The molecule has 1 fully saturated rings. The number of sulfonamides is 1. The maximum absolute atomic E-state index is 12.2. The largest absolute Gasteiger partial charge is 0.477 e. The van der Waals surface area contributed by atoms with Gasteiger partial charge in [0.15, 0.2) is 0 Å². The van der Waals surface area contributed by atoms with Crippen LogP contribution in [-0.4, -0.2) is 41.8 Å². The summed E-state index contributed by atoms with van der Waals surface area (Å²) in [4.78, 5) is 11.1. The molecule has 2 rings (SSSR count). The van der Waals surface area contributed by atoms with Crippen LogP contribution >= 0.6 is 0 Å². The van der Waals surface area contributed by atoms with E-state index in [0.717, 1.165) is 0 Å². The van der Waals surface area contributed by atoms with Crippen molar-refractivity contribution in [3.05, 3.63) is 18.0 Å². The fourth-order valence-corrected chi connectivity index (χ4v) is 3.52. The van der Waals surface area contributed by atoms with E-state index in [1.54, 1.807) is 13.8 Å². The first-order chi connectivity index (χ1) is 9.70. The smallest absolute Gasteiger partial charge is 0.352 e. The lowest BCUT2D eigenvalue weighted by molar-refractivity contribution is 0.0453. The van der Waals surface area contributed by atoms with E-state index < -0.39 is 16.0 Å². The van der Waals surface area contributed by atoms with Crippen molar-refractivity contribution < 1.29 is 23.4 Å². The summed E-state index contributed by atoms with van der Waals surface area (Å²) < 4.78 is 28.3. The summed E-state index contributed by atoms with van der Waals surface area (Å²) in [5.41, 5.74) is -0.0514. The minimum Gasteiger partial charge on any atom is -0.477 e. The molecule has 1 aliphatic carbocycles. The number of carboxylic acid groups (broad SMARTS) is 1. The van der Waals surface area contributed by atoms with Gasteiger partial charge in [-0.3, -0.25) is 0 Å². The Morgan fingerprint density at radius 1 is 1.48 bits per heavy atom. The van der Waals surface area contributed by atoms with Gasteiger partial charge >= 0.3 is 5.97 Å². The van der Waals surface area contributed by atoms with Crippen LogP contribution in [0.1, 0.15) is 43.2 Å². The van der Waals surface area contributed by atoms with Gasteiger partial charge in [-0.05, 0) is 38.7 Å². The van der Waals surface area contributed by atoms with Crippen molar-refractivity contribution in [2.24, 2.45) is 5.92 Å². The molecular formula is C13H20N2O5S. The molecule has 3 N–H and O–H groups in total. The predicted octanol–water partition coefficient (Wildman–Crippen LogP) is 0.816. The number of hydrogen-bond donors (Lipinski definition) is 3. The molecule has 0 bridgehead atoms. The van der Waals surface area contributed by atoms with Crippen LogP contribution in [0.15, 0.2) is 17.2 Å². The summed E-state index contributed by atoms with van der Waals surface area (Å²) in [5, 5.41) is 18.3. The quantitative estimate of drug-likeness (QED) is 0.720. The van der Waals surface area contributed by atoms with Gasteiger partial charge in [-0.1, -0.05) is 0 Å². The van der Waals surface area contributed by atoms with Crippen LogP contribution in [-0.2, 0) is 10.0 Å². The molecule has 0 amide bonds. The highest BCUT2D eigenvalue weighted by Gasteiger charge is 2.29. The van der Waals surface area contributed by atoms with Gasteiger partial charge in [-0.2, -0.15) is 0 Å². The van der Waals surface area contributed by atoms with Crippen LogP contribution in [0.25, 0.3) is 0 Å². The molecule has 7 nitrogen and oxygen atoms in total. The highest BCUT2D eigenvalue weighted by molar-refractivity contribution is 7.89.